The largest absolute Gasteiger partial charge is 0.496 e. The van der Waals surface area contributed by atoms with Crippen LogP contribution < -0.4 is 10.1 Å². The zero-order valence-corrected chi connectivity index (χ0v) is 11.3. The van der Waals surface area contributed by atoms with Gasteiger partial charge in [-0.2, -0.15) is 0 Å². The molecule has 1 aliphatic rings. The maximum absolute atomic E-state index is 11.6. The summed E-state index contributed by atoms with van der Waals surface area (Å²) in [6.45, 7) is -0.135. The number of hydrogen-bond acceptors (Lipinski definition) is 6. The first-order valence-corrected chi connectivity index (χ1v) is 5.90. The molecule has 21 heavy (non-hydrogen) atoms. The molecule has 0 atom stereocenters. The maximum Gasteiger partial charge on any atom is 0.341 e. The number of ether oxygens (including phenoxy) is 2. The summed E-state index contributed by atoms with van der Waals surface area (Å²) in [6.07, 6.45) is 0. The van der Waals surface area contributed by atoms with E-state index in [1.54, 1.807) is 6.07 Å². The SMILES string of the molecule is COC(=O)c1cc(CN2C(=O)NC(=O)C2=O)ccc1OC. The van der Waals surface area contributed by atoms with Gasteiger partial charge in [-0.1, -0.05) is 6.07 Å². The monoisotopic (exact) mass is 292 g/mol. The van der Waals surface area contributed by atoms with Crippen LogP contribution in [0.25, 0.3) is 0 Å². The Morgan fingerprint density at radius 3 is 2.48 bits per heavy atom. The quantitative estimate of drug-likeness (QED) is 0.478. The summed E-state index contributed by atoms with van der Waals surface area (Å²) in [5, 5.41) is 1.89. The van der Waals surface area contributed by atoms with Gasteiger partial charge in [-0.25, -0.2) is 9.59 Å². The van der Waals surface area contributed by atoms with Crippen LogP contribution in [0.4, 0.5) is 4.79 Å². The minimum Gasteiger partial charge on any atom is -0.496 e. The van der Waals surface area contributed by atoms with Crippen LogP contribution >= 0.6 is 0 Å². The third kappa shape index (κ3) is 2.69. The van der Waals surface area contributed by atoms with Crippen molar-refractivity contribution in [3.8, 4) is 5.75 Å². The number of benzene rings is 1. The maximum atomic E-state index is 11.6. The second-order valence-corrected chi connectivity index (χ2v) is 4.18. The van der Waals surface area contributed by atoms with Crippen LogP contribution in [0.2, 0.25) is 0 Å². The number of carbonyl (C=O) groups is 4. The van der Waals surface area contributed by atoms with Crippen LogP contribution in [-0.2, 0) is 20.9 Å². The fourth-order valence-electron chi connectivity index (χ4n) is 1.88. The highest BCUT2D eigenvalue weighted by Gasteiger charge is 2.36. The highest BCUT2D eigenvalue weighted by molar-refractivity contribution is 6.44. The van der Waals surface area contributed by atoms with Gasteiger partial charge in [0.05, 0.1) is 20.8 Å². The van der Waals surface area contributed by atoms with Gasteiger partial charge in [0.1, 0.15) is 11.3 Å². The molecule has 1 fully saturated rings. The molecule has 1 heterocycles. The number of carbonyl (C=O) groups excluding carboxylic acids is 4. The van der Waals surface area contributed by atoms with Gasteiger partial charge in [-0.3, -0.25) is 19.8 Å². The lowest BCUT2D eigenvalue weighted by atomic mass is 10.1. The van der Waals surface area contributed by atoms with E-state index in [9.17, 15) is 19.2 Å². The van der Waals surface area contributed by atoms with Crippen molar-refractivity contribution in [3.05, 3.63) is 29.3 Å². The molecule has 0 radical (unpaired) electrons. The average Bonchev–Trinajstić information content (AvgIpc) is 2.72. The minimum atomic E-state index is -0.971. The molecule has 0 bridgehead atoms. The molecule has 8 heteroatoms. The van der Waals surface area contributed by atoms with E-state index in [4.69, 9.17) is 4.74 Å². The summed E-state index contributed by atoms with van der Waals surface area (Å²) < 4.78 is 9.67. The van der Waals surface area contributed by atoms with Crippen LogP contribution in [0.1, 0.15) is 15.9 Å². The molecule has 1 aliphatic heterocycles. The summed E-state index contributed by atoms with van der Waals surface area (Å²) in [4.78, 5) is 46.4. The van der Waals surface area contributed by atoms with Crippen LogP contribution in [0.3, 0.4) is 0 Å². The lowest BCUT2D eigenvalue weighted by Gasteiger charge is -2.13. The van der Waals surface area contributed by atoms with E-state index in [-0.39, 0.29) is 12.1 Å². The van der Waals surface area contributed by atoms with Crippen molar-refractivity contribution in [2.75, 3.05) is 14.2 Å². The molecular formula is C13H12N2O6. The Hall–Kier alpha value is -2.90. The zero-order chi connectivity index (χ0) is 15.6. The molecule has 1 saturated heterocycles. The first-order chi connectivity index (χ1) is 9.97. The highest BCUT2D eigenvalue weighted by atomic mass is 16.5. The number of methoxy groups -OCH3 is 2. The molecule has 1 aromatic carbocycles. The Balaban J connectivity index is 2.29. The van der Waals surface area contributed by atoms with Crippen LogP contribution in [0.15, 0.2) is 18.2 Å². The molecule has 0 aromatic heterocycles. The van der Waals surface area contributed by atoms with Gasteiger partial charge in [-0.05, 0) is 17.7 Å². The Kier molecular flexibility index (Phi) is 3.88. The van der Waals surface area contributed by atoms with E-state index in [0.717, 1.165) is 4.90 Å². The van der Waals surface area contributed by atoms with E-state index in [2.05, 4.69) is 4.74 Å². The third-order valence-electron chi connectivity index (χ3n) is 2.91. The van der Waals surface area contributed by atoms with Crippen molar-refractivity contribution >= 4 is 23.8 Å². The number of amides is 4. The Labute approximate surface area is 119 Å². The number of nitrogens with one attached hydrogen (secondary N) is 1. The summed E-state index contributed by atoms with van der Waals surface area (Å²) in [5.41, 5.74) is 0.644. The summed E-state index contributed by atoms with van der Waals surface area (Å²) in [6, 6.07) is 3.74. The fourth-order valence-corrected chi connectivity index (χ4v) is 1.88. The molecular weight excluding hydrogens is 280 g/mol. The number of rotatable bonds is 4. The Morgan fingerprint density at radius 2 is 1.95 bits per heavy atom. The fraction of sp³-hybridized carbons (Fsp3) is 0.231. The number of imide groups is 2. The van der Waals surface area contributed by atoms with Gasteiger partial charge in [0, 0.05) is 0 Å². The van der Waals surface area contributed by atoms with E-state index < -0.39 is 23.8 Å². The molecule has 1 N–H and O–H groups in total. The first kappa shape index (κ1) is 14.5. The Morgan fingerprint density at radius 1 is 1.24 bits per heavy atom. The molecule has 2 rings (SSSR count). The van der Waals surface area contributed by atoms with Crippen molar-refractivity contribution in [1.29, 1.82) is 0 Å². The molecule has 0 unspecified atom stereocenters. The number of urea groups is 1. The summed E-state index contributed by atoms with van der Waals surface area (Å²) in [5.74, 6) is -2.21. The standard InChI is InChI=1S/C13H12N2O6/c1-20-9-4-3-7(5-8(9)12(18)21-2)6-15-11(17)10(16)14-13(15)19/h3-5H,6H2,1-2H3,(H,14,16,19). The van der Waals surface area contributed by atoms with Gasteiger partial charge in [-0.15, -0.1) is 0 Å². The second kappa shape index (κ2) is 5.61. The van der Waals surface area contributed by atoms with Crippen LogP contribution in [0, 0.1) is 0 Å². The molecule has 0 aliphatic carbocycles. The smallest absolute Gasteiger partial charge is 0.341 e. The van der Waals surface area contributed by atoms with E-state index >= 15 is 0 Å². The van der Waals surface area contributed by atoms with Crippen molar-refractivity contribution in [3.63, 3.8) is 0 Å². The van der Waals surface area contributed by atoms with Crippen molar-refractivity contribution in [2.45, 2.75) is 6.54 Å². The van der Waals surface area contributed by atoms with Crippen molar-refractivity contribution in [2.24, 2.45) is 0 Å². The molecule has 0 saturated carbocycles. The van der Waals surface area contributed by atoms with Gasteiger partial charge >= 0.3 is 23.8 Å². The molecule has 110 valence electrons. The van der Waals surface area contributed by atoms with Crippen molar-refractivity contribution < 1.29 is 28.7 Å². The Bertz CT molecular complexity index is 640. The molecule has 4 amide bonds. The minimum absolute atomic E-state index is 0.135. The van der Waals surface area contributed by atoms with E-state index in [1.165, 1.54) is 26.4 Å². The van der Waals surface area contributed by atoms with Crippen molar-refractivity contribution in [1.82, 2.24) is 10.2 Å². The highest BCUT2D eigenvalue weighted by Crippen LogP contribution is 2.22. The summed E-state index contributed by atoms with van der Waals surface area (Å²) >= 11 is 0. The molecule has 1 aromatic rings. The number of esters is 1. The zero-order valence-electron chi connectivity index (χ0n) is 11.3. The van der Waals surface area contributed by atoms with E-state index in [1.807, 2.05) is 5.32 Å². The van der Waals surface area contributed by atoms with Gasteiger partial charge in [0.25, 0.3) is 0 Å². The molecule has 8 nitrogen and oxygen atoms in total. The first-order valence-electron chi connectivity index (χ1n) is 5.90. The predicted octanol–water partition coefficient (Wildman–Crippen LogP) is 0.0602. The van der Waals surface area contributed by atoms with Gasteiger partial charge < -0.3 is 9.47 Å². The van der Waals surface area contributed by atoms with Gasteiger partial charge in [0.15, 0.2) is 0 Å². The second-order valence-electron chi connectivity index (χ2n) is 4.18. The van der Waals surface area contributed by atoms with E-state index in [0.29, 0.717) is 11.3 Å². The number of hydrogen-bond donors (Lipinski definition) is 1. The average molecular weight is 292 g/mol. The predicted molar refractivity (Wildman–Crippen MR) is 68.4 cm³/mol. The topological polar surface area (TPSA) is 102 Å². The lowest BCUT2D eigenvalue weighted by molar-refractivity contribution is -0.140. The lowest BCUT2D eigenvalue weighted by Crippen LogP contribution is -2.30. The van der Waals surface area contributed by atoms with Gasteiger partial charge in [0.2, 0.25) is 0 Å². The van der Waals surface area contributed by atoms with Crippen LogP contribution in [-0.4, -0.2) is 42.9 Å². The normalized spacial score (nSPS) is 14.2. The van der Waals surface area contributed by atoms with Crippen LogP contribution in [0.5, 0.6) is 5.75 Å². The summed E-state index contributed by atoms with van der Waals surface area (Å²) in [7, 11) is 2.63. The third-order valence-corrected chi connectivity index (χ3v) is 2.91. The molecule has 0 spiro atoms. The number of nitrogens with zero attached hydrogens (tertiary/aromatic N) is 1.